The summed E-state index contributed by atoms with van der Waals surface area (Å²) < 4.78 is 0. The van der Waals surface area contributed by atoms with E-state index in [0.29, 0.717) is 13.1 Å². The van der Waals surface area contributed by atoms with Crippen LogP contribution in [0.5, 0.6) is 0 Å². The second-order valence-electron chi connectivity index (χ2n) is 7.94. The summed E-state index contributed by atoms with van der Waals surface area (Å²) in [5, 5.41) is 27.8. The molecule has 0 aliphatic heterocycles. The van der Waals surface area contributed by atoms with Gasteiger partial charge in [-0.15, -0.1) is 0 Å². The number of nitrogens with zero attached hydrogens (tertiary/aromatic N) is 2. The van der Waals surface area contributed by atoms with Crippen LogP contribution in [0.15, 0.2) is 0 Å². The van der Waals surface area contributed by atoms with Crippen molar-refractivity contribution in [3.8, 4) is 0 Å². The Balaban J connectivity index is 4.16. The van der Waals surface area contributed by atoms with Gasteiger partial charge in [0.15, 0.2) is 10.2 Å². The van der Waals surface area contributed by atoms with Crippen LogP contribution in [-0.4, -0.2) is 50.5 Å². The van der Waals surface area contributed by atoms with Crippen LogP contribution in [0.25, 0.3) is 0 Å². The van der Waals surface area contributed by atoms with Crippen molar-refractivity contribution in [2.45, 2.75) is 67.2 Å². The van der Waals surface area contributed by atoms with Crippen LogP contribution in [-0.2, 0) is 0 Å². The summed E-state index contributed by atoms with van der Waals surface area (Å²) in [5.41, 5.74) is 0.452. The summed E-state index contributed by atoms with van der Waals surface area (Å²) in [7, 11) is 0. The Hall–Kier alpha value is -0.700. The van der Waals surface area contributed by atoms with Gasteiger partial charge in [0, 0.05) is 13.1 Å². The van der Waals surface area contributed by atoms with Crippen LogP contribution in [0.2, 0.25) is 0 Å². The molecule has 0 spiro atoms. The second kappa shape index (κ2) is 11.1. The summed E-state index contributed by atoms with van der Waals surface area (Å²) >= 11 is 10.2. The molecule has 0 radical (unpaired) electrons. The van der Waals surface area contributed by atoms with E-state index in [1.807, 2.05) is 0 Å². The number of hydroxylamine groups is 4. The standard InChI is InChI=1S/C17H36N4O2S2/c1-7-16(3,4)9-11-18-14(24)20(22)13-21(23)15(25)19-12-10-17(5,6)8-2/h22-23H,7-13H2,1-6H3,(H,18,24)(H,19,25). The Morgan fingerprint density at radius 1 is 0.800 bits per heavy atom. The van der Waals surface area contributed by atoms with Crippen molar-refractivity contribution in [2.75, 3.05) is 19.8 Å². The Labute approximate surface area is 163 Å². The monoisotopic (exact) mass is 392 g/mol. The van der Waals surface area contributed by atoms with Crippen LogP contribution in [0.3, 0.4) is 0 Å². The first-order chi connectivity index (χ1) is 11.4. The van der Waals surface area contributed by atoms with Crippen molar-refractivity contribution in [1.29, 1.82) is 0 Å². The Bertz CT molecular complexity index is 393. The van der Waals surface area contributed by atoms with Crippen molar-refractivity contribution >= 4 is 34.7 Å². The largest absolute Gasteiger partial charge is 0.361 e. The van der Waals surface area contributed by atoms with Crippen molar-refractivity contribution < 1.29 is 10.4 Å². The molecule has 0 aliphatic carbocycles. The van der Waals surface area contributed by atoms with Gasteiger partial charge in [0.25, 0.3) is 0 Å². The topological polar surface area (TPSA) is 71.0 Å². The van der Waals surface area contributed by atoms with Crippen LogP contribution in [0.4, 0.5) is 0 Å². The molecule has 0 saturated carbocycles. The van der Waals surface area contributed by atoms with Gasteiger partial charge < -0.3 is 10.6 Å². The maximum atomic E-state index is 9.96. The van der Waals surface area contributed by atoms with Crippen LogP contribution in [0.1, 0.15) is 67.2 Å². The highest BCUT2D eigenvalue weighted by Crippen LogP contribution is 2.23. The quantitative estimate of drug-likeness (QED) is 0.255. The van der Waals surface area contributed by atoms with E-state index in [4.69, 9.17) is 24.4 Å². The van der Waals surface area contributed by atoms with Gasteiger partial charge in [0.05, 0.1) is 0 Å². The molecule has 0 saturated heterocycles. The molecular weight excluding hydrogens is 356 g/mol. The van der Waals surface area contributed by atoms with Crippen LogP contribution in [0, 0.1) is 10.8 Å². The molecular formula is C17H36N4O2S2. The molecule has 0 unspecified atom stereocenters. The van der Waals surface area contributed by atoms with Gasteiger partial charge in [-0.25, -0.2) is 10.1 Å². The number of thiocarbonyl (C=S) groups is 2. The summed E-state index contributed by atoms with van der Waals surface area (Å²) in [6.07, 6.45) is 4.02. The minimum atomic E-state index is -0.216. The van der Waals surface area contributed by atoms with E-state index in [0.717, 1.165) is 35.8 Å². The Kier molecular flexibility index (Phi) is 10.8. The smallest absolute Gasteiger partial charge is 0.194 e. The normalized spacial score (nSPS) is 11.8. The fourth-order valence-electron chi connectivity index (χ4n) is 1.81. The predicted molar refractivity (Wildman–Crippen MR) is 111 cm³/mol. The summed E-state index contributed by atoms with van der Waals surface area (Å²) in [4.78, 5) is 0. The first-order valence-electron chi connectivity index (χ1n) is 8.92. The third kappa shape index (κ3) is 10.8. The van der Waals surface area contributed by atoms with Crippen molar-refractivity contribution in [3.63, 3.8) is 0 Å². The molecule has 0 aliphatic rings. The third-order valence-electron chi connectivity index (χ3n) is 4.81. The Morgan fingerprint density at radius 3 is 1.40 bits per heavy atom. The lowest BCUT2D eigenvalue weighted by atomic mass is 9.87. The maximum Gasteiger partial charge on any atom is 0.194 e. The molecule has 0 rings (SSSR count). The van der Waals surface area contributed by atoms with E-state index in [2.05, 4.69) is 52.2 Å². The minimum Gasteiger partial charge on any atom is -0.361 e. The van der Waals surface area contributed by atoms with E-state index >= 15 is 0 Å². The molecule has 25 heavy (non-hydrogen) atoms. The molecule has 0 aromatic heterocycles. The van der Waals surface area contributed by atoms with E-state index in [1.165, 1.54) is 0 Å². The SMILES string of the molecule is CCC(C)(C)CCNC(=S)N(O)CN(O)C(=S)NCCC(C)(C)CC. The number of rotatable bonds is 10. The summed E-state index contributed by atoms with van der Waals surface area (Å²) in [6.45, 7) is 14.2. The van der Waals surface area contributed by atoms with Gasteiger partial charge in [0.2, 0.25) is 0 Å². The zero-order chi connectivity index (χ0) is 19.7. The maximum absolute atomic E-state index is 9.96. The lowest BCUT2D eigenvalue weighted by molar-refractivity contribution is -0.126. The molecule has 8 heteroatoms. The van der Waals surface area contributed by atoms with Gasteiger partial charge in [-0.05, 0) is 48.1 Å². The van der Waals surface area contributed by atoms with Crippen LogP contribution >= 0.6 is 24.4 Å². The Morgan fingerprint density at radius 2 is 1.12 bits per heavy atom. The molecule has 0 aromatic rings. The summed E-state index contributed by atoms with van der Waals surface area (Å²) in [5.74, 6) is 0. The third-order valence-corrected chi connectivity index (χ3v) is 5.52. The van der Waals surface area contributed by atoms with Gasteiger partial charge in [-0.3, -0.25) is 10.4 Å². The summed E-state index contributed by atoms with van der Waals surface area (Å²) in [6, 6.07) is 0. The molecule has 0 fully saturated rings. The highest BCUT2D eigenvalue weighted by atomic mass is 32.1. The van der Waals surface area contributed by atoms with Crippen molar-refractivity contribution in [2.24, 2.45) is 10.8 Å². The van der Waals surface area contributed by atoms with Gasteiger partial charge >= 0.3 is 0 Å². The van der Waals surface area contributed by atoms with Crippen molar-refractivity contribution in [1.82, 2.24) is 20.8 Å². The van der Waals surface area contributed by atoms with Gasteiger partial charge in [0.1, 0.15) is 6.67 Å². The molecule has 0 atom stereocenters. The van der Waals surface area contributed by atoms with E-state index in [1.54, 1.807) is 0 Å². The number of nitrogens with one attached hydrogen (secondary N) is 2. The molecule has 0 aromatic carbocycles. The average Bonchev–Trinajstić information content (AvgIpc) is 2.54. The highest BCUT2D eigenvalue weighted by Gasteiger charge is 2.18. The molecule has 4 N–H and O–H groups in total. The number of hydrogen-bond acceptors (Lipinski definition) is 4. The zero-order valence-corrected chi connectivity index (χ0v) is 18.2. The van der Waals surface area contributed by atoms with Gasteiger partial charge in [-0.2, -0.15) is 0 Å². The zero-order valence-electron chi connectivity index (χ0n) is 16.6. The molecule has 0 amide bonds. The molecule has 0 bridgehead atoms. The second-order valence-corrected chi connectivity index (χ2v) is 8.71. The molecule has 0 heterocycles. The van der Waals surface area contributed by atoms with E-state index in [9.17, 15) is 10.4 Å². The fraction of sp³-hybridized carbons (Fsp3) is 0.882. The minimum absolute atomic E-state index is 0.167. The average molecular weight is 393 g/mol. The van der Waals surface area contributed by atoms with Gasteiger partial charge in [-0.1, -0.05) is 54.4 Å². The predicted octanol–water partition coefficient (Wildman–Crippen LogP) is 3.73. The molecule has 6 nitrogen and oxygen atoms in total. The first-order valence-corrected chi connectivity index (χ1v) is 9.74. The lowest BCUT2D eigenvalue weighted by Crippen LogP contribution is -2.48. The fourth-order valence-corrected chi connectivity index (χ4v) is 2.13. The van der Waals surface area contributed by atoms with E-state index < -0.39 is 0 Å². The van der Waals surface area contributed by atoms with Crippen molar-refractivity contribution in [3.05, 3.63) is 0 Å². The lowest BCUT2D eigenvalue weighted by Gasteiger charge is -2.28. The first kappa shape index (κ1) is 24.3. The van der Waals surface area contributed by atoms with E-state index in [-0.39, 0.29) is 27.7 Å². The van der Waals surface area contributed by atoms with Crippen LogP contribution < -0.4 is 10.6 Å². The molecule has 148 valence electrons. The highest BCUT2D eigenvalue weighted by molar-refractivity contribution is 7.80. The number of hydrogen-bond donors (Lipinski definition) is 4.